The summed E-state index contributed by atoms with van der Waals surface area (Å²) in [5, 5.41) is 9.30. The molecule has 2 aliphatic heterocycles. The van der Waals surface area contributed by atoms with Crippen LogP contribution < -0.4 is 4.90 Å². The Morgan fingerprint density at radius 2 is 1.15 bits per heavy atom. The van der Waals surface area contributed by atoms with E-state index in [1.165, 1.54) is 12.1 Å². The smallest absolute Gasteiger partial charge is 0.303 e. The third-order valence-electron chi connectivity index (χ3n) is 14.0. The second kappa shape index (κ2) is 25.4. The number of aliphatic carboxylic acids is 1. The van der Waals surface area contributed by atoms with Gasteiger partial charge < -0.3 is 29.0 Å². The number of ether oxygens (including phenoxy) is 4. The highest BCUT2D eigenvalue weighted by atomic mass is 32.2. The molecule has 2 unspecified atom stereocenters. The molecule has 79 heavy (non-hydrogen) atoms. The Morgan fingerprint density at radius 1 is 0.608 bits per heavy atom. The minimum absolute atomic E-state index is 0.0117. The molecule has 0 saturated carbocycles. The van der Waals surface area contributed by atoms with Crippen molar-refractivity contribution in [3.05, 3.63) is 95.7 Å². The number of carboxylic acids is 1. The van der Waals surface area contributed by atoms with Crippen molar-refractivity contribution in [3.63, 3.8) is 0 Å². The van der Waals surface area contributed by atoms with Gasteiger partial charge in [0.1, 0.15) is 16.3 Å². The molecule has 2 atom stereocenters. The number of hydrogen-bond acceptors (Lipinski definition) is 16. The van der Waals surface area contributed by atoms with E-state index in [0.717, 1.165) is 12.1 Å². The second-order valence-corrected chi connectivity index (χ2v) is 26.5. The first-order valence-electron chi connectivity index (χ1n) is 24.9. The van der Waals surface area contributed by atoms with Gasteiger partial charge in [0, 0.05) is 72.0 Å². The standard InChI is InChI=1S/C51H64N2O21S5/c1-5-52-41-18-16-37-39(31-35(76(59,60)61)33-43(37)78(65,66)67)48(41)50(2,20-12-30-75(56,57)58)45(52)13-8-6-9-14-46-51(3,21-23-72-26-27-74-29-28-73-25-24-71-4)49-40-32-36(77(62,63)64)34-44(79(68,69)70)38(40)17-19-42(49)53(46)22-11-7-10-15-47(54)55/h6,8-9,13-14,16-19,31-34H,5,7,10-12,15,20-30H2,1-4H3,(H5-,54,55,56,57,58,59,60,61,62,63,64,65,66,67,68,69,70)/p+1. The summed E-state index contributed by atoms with van der Waals surface area (Å²) in [6, 6.07) is 9.47. The number of carboxylic acid groups (broad SMARTS) is 1. The van der Waals surface area contributed by atoms with E-state index >= 15 is 0 Å². The summed E-state index contributed by atoms with van der Waals surface area (Å²) in [6.07, 6.45) is 9.73. The van der Waals surface area contributed by atoms with Gasteiger partial charge in [-0.2, -0.15) is 46.7 Å². The Hall–Kier alpha value is -5.05. The van der Waals surface area contributed by atoms with Crippen molar-refractivity contribution in [1.29, 1.82) is 0 Å². The van der Waals surface area contributed by atoms with E-state index in [9.17, 15) is 74.8 Å². The number of carbonyl (C=O) groups is 1. The molecule has 0 bridgehead atoms. The zero-order chi connectivity index (χ0) is 58.4. The maximum Gasteiger partial charge on any atom is 0.303 e. The maximum absolute atomic E-state index is 12.9. The van der Waals surface area contributed by atoms with Crippen LogP contribution in [0.2, 0.25) is 0 Å². The minimum Gasteiger partial charge on any atom is -0.481 e. The van der Waals surface area contributed by atoms with E-state index in [4.69, 9.17) is 18.9 Å². The Bertz CT molecular complexity index is 3690. The molecule has 28 heteroatoms. The molecule has 2 aliphatic rings. The van der Waals surface area contributed by atoms with Crippen LogP contribution in [0.3, 0.4) is 0 Å². The Labute approximate surface area is 460 Å². The van der Waals surface area contributed by atoms with Gasteiger partial charge in [0.05, 0.1) is 60.6 Å². The fraction of sp³-hybridized carbons (Fsp3) is 0.451. The van der Waals surface area contributed by atoms with Crippen molar-refractivity contribution in [2.45, 2.75) is 96.1 Å². The summed E-state index contributed by atoms with van der Waals surface area (Å²) in [4.78, 5) is 10.2. The van der Waals surface area contributed by atoms with Crippen molar-refractivity contribution in [2.24, 2.45) is 0 Å². The van der Waals surface area contributed by atoms with Crippen LogP contribution in [0, 0.1) is 0 Å². The lowest BCUT2D eigenvalue weighted by molar-refractivity contribution is -0.433. The molecule has 0 aromatic heterocycles. The number of nitrogens with zero attached hydrogens (tertiary/aromatic N) is 2. The van der Waals surface area contributed by atoms with Gasteiger partial charge in [-0.3, -0.25) is 27.6 Å². The normalized spacial score (nSPS) is 18.8. The molecule has 0 radical (unpaired) electrons. The van der Waals surface area contributed by atoms with Crippen molar-refractivity contribution < 1.29 is 98.3 Å². The van der Waals surface area contributed by atoms with Gasteiger partial charge in [0.2, 0.25) is 5.69 Å². The number of rotatable bonds is 30. The van der Waals surface area contributed by atoms with Gasteiger partial charge in [-0.15, -0.1) is 0 Å². The minimum atomic E-state index is -5.09. The zero-order valence-electron chi connectivity index (χ0n) is 43.8. The first kappa shape index (κ1) is 63.1. The second-order valence-electron chi connectivity index (χ2n) is 19.3. The molecule has 23 nitrogen and oxygen atoms in total. The molecule has 6 rings (SSSR count). The van der Waals surface area contributed by atoms with E-state index in [1.807, 2.05) is 16.4 Å². The summed E-state index contributed by atoms with van der Waals surface area (Å²) < 4.78 is 201. The Morgan fingerprint density at radius 3 is 1.67 bits per heavy atom. The molecule has 0 spiro atoms. The van der Waals surface area contributed by atoms with E-state index < -0.39 is 92.7 Å². The third kappa shape index (κ3) is 14.9. The van der Waals surface area contributed by atoms with Crippen molar-refractivity contribution in [2.75, 3.05) is 77.1 Å². The monoisotopic (exact) mass is 1200 g/mol. The number of benzene rings is 4. The van der Waals surface area contributed by atoms with Crippen LogP contribution in [0.4, 0.5) is 11.4 Å². The third-order valence-corrected chi connectivity index (χ3v) is 18.2. The van der Waals surface area contributed by atoms with Crippen LogP contribution in [0.5, 0.6) is 0 Å². The summed E-state index contributed by atoms with van der Waals surface area (Å²) >= 11 is 0. The van der Waals surface area contributed by atoms with Crippen LogP contribution in [-0.4, -0.2) is 158 Å². The van der Waals surface area contributed by atoms with E-state index in [2.05, 4.69) is 0 Å². The number of anilines is 1. The number of fused-ring (bicyclic) bond motifs is 6. The van der Waals surface area contributed by atoms with E-state index in [-0.39, 0.29) is 86.7 Å². The molecule has 0 saturated heterocycles. The number of hydrogen-bond donors (Lipinski definition) is 6. The average Bonchev–Trinajstić information content (AvgIpc) is 3.97. The maximum atomic E-state index is 12.9. The summed E-state index contributed by atoms with van der Waals surface area (Å²) in [6.45, 7) is 7.76. The number of allylic oxidation sites excluding steroid dienone is 6. The lowest BCUT2D eigenvalue weighted by Gasteiger charge is -2.31. The summed E-state index contributed by atoms with van der Waals surface area (Å²) in [5.74, 6) is -1.64. The molecule has 0 aliphatic carbocycles. The molecular weight excluding hydrogens is 1140 g/mol. The largest absolute Gasteiger partial charge is 0.481 e. The quantitative estimate of drug-likeness (QED) is 0.0140. The highest BCUT2D eigenvalue weighted by Gasteiger charge is 2.49. The lowest BCUT2D eigenvalue weighted by atomic mass is 9.74. The SMILES string of the molecule is CC[N+]1=C(/C=C/C=C/C=C2/N(CCCCCC(=O)O)c3ccc4c(S(=O)(=O)O)cc(S(=O)(=O)O)cc4c3C2(C)CCOCCOCCOCCOC)C(C)(CCCS(=O)(=O)O)c2c1ccc1c(S(=O)(=O)O)cc(S(=O)(=O)O)cc21. The van der Waals surface area contributed by atoms with Crippen LogP contribution in [0.25, 0.3) is 21.5 Å². The first-order valence-corrected chi connectivity index (χ1v) is 32.2. The van der Waals surface area contributed by atoms with Crippen LogP contribution >= 0.6 is 0 Å². The number of methoxy groups -OCH3 is 1. The highest BCUT2D eigenvalue weighted by Crippen LogP contribution is 2.54. The van der Waals surface area contributed by atoms with Gasteiger partial charge in [-0.25, -0.2) is 0 Å². The van der Waals surface area contributed by atoms with Gasteiger partial charge in [0.25, 0.3) is 50.6 Å². The Kier molecular flexibility index (Phi) is 20.3. The molecule has 0 amide bonds. The van der Waals surface area contributed by atoms with Crippen LogP contribution in [-0.2, 0) is 85.2 Å². The fourth-order valence-electron chi connectivity index (χ4n) is 10.5. The Balaban J connectivity index is 1.49. The molecule has 434 valence electrons. The molecule has 2 heterocycles. The predicted octanol–water partition coefficient (Wildman–Crippen LogP) is 6.53. The van der Waals surface area contributed by atoms with Crippen molar-refractivity contribution in [1.82, 2.24) is 0 Å². The van der Waals surface area contributed by atoms with E-state index in [1.54, 1.807) is 63.5 Å². The lowest BCUT2D eigenvalue weighted by Crippen LogP contribution is -2.32. The fourth-order valence-corrected chi connectivity index (χ4v) is 13.6. The number of unbranched alkanes of at least 4 members (excludes halogenated alkanes) is 2. The molecular formula is C51H65N2O21S5+. The van der Waals surface area contributed by atoms with Gasteiger partial charge in [-0.05, 0) is 112 Å². The molecule has 4 aromatic carbocycles. The molecule has 0 fully saturated rings. The topological polar surface area (TPSA) is 352 Å². The van der Waals surface area contributed by atoms with E-state index in [0.29, 0.717) is 85.1 Å². The van der Waals surface area contributed by atoms with Gasteiger partial charge in [0.15, 0.2) is 5.71 Å². The highest BCUT2D eigenvalue weighted by molar-refractivity contribution is 7.87. The van der Waals surface area contributed by atoms with Crippen molar-refractivity contribution in [3.8, 4) is 0 Å². The average molecular weight is 1200 g/mol. The van der Waals surface area contributed by atoms with Crippen LogP contribution in [0.1, 0.15) is 76.8 Å². The van der Waals surface area contributed by atoms with Crippen LogP contribution in [0.15, 0.2) is 104 Å². The summed E-state index contributed by atoms with van der Waals surface area (Å²) in [5.41, 5.74) is 0.425. The zero-order valence-corrected chi connectivity index (χ0v) is 47.9. The summed E-state index contributed by atoms with van der Waals surface area (Å²) in [7, 11) is -23.2. The van der Waals surface area contributed by atoms with Crippen molar-refractivity contribution >= 4 is 95.2 Å². The van der Waals surface area contributed by atoms with Gasteiger partial charge >= 0.3 is 5.97 Å². The molecule has 4 aromatic rings. The predicted molar refractivity (Wildman–Crippen MR) is 292 cm³/mol. The first-order chi connectivity index (χ1) is 36.9. The molecule has 6 N–H and O–H groups in total. The van der Waals surface area contributed by atoms with Gasteiger partial charge in [-0.1, -0.05) is 30.7 Å².